The van der Waals surface area contributed by atoms with Gasteiger partial charge in [-0.2, -0.15) is 10.2 Å². The van der Waals surface area contributed by atoms with Crippen molar-refractivity contribution in [2.24, 2.45) is 0 Å². The molecule has 1 amide bonds. The van der Waals surface area contributed by atoms with Gasteiger partial charge in [-0.1, -0.05) is 11.3 Å². The van der Waals surface area contributed by atoms with E-state index in [0.29, 0.717) is 52.4 Å². The van der Waals surface area contributed by atoms with E-state index in [2.05, 4.69) is 10.2 Å². The minimum Gasteiger partial charge on any atom is -0.496 e. The van der Waals surface area contributed by atoms with Crippen LogP contribution in [0.1, 0.15) is 69.7 Å². The van der Waals surface area contributed by atoms with Gasteiger partial charge in [0.25, 0.3) is 5.56 Å². The average molecular weight is 643 g/mol. The van der Waals surface area contributed by atoms with Crippen molar-refractivity contribution in [3.8, 4) is 10.8 Å². The van der Waals surface area contributed by atoms with Crippen molar-refractivity contribution in [2.45, 2.75) is 90.3 Å². The van der Waals surface area contributed by atoms with Crippen LogP contribution in [0.5, 0.6) is 5.75 Å². The van der Waals surface area contributed by atoms with Crippen molar-refractivity contribution in [2.75, 3.05) is 14.2 Å². The molecule has 2 atom stereocenters. The van der Waals surface area contributed by atoms with Gasteiger partial charge in [-0.15, -0.1) is 4.80 Å². The van der Waals surface area contributed by atoms with Crippen LogP contribution in [0.15, 0.2) is 40.2 Å². The van der Waals surface area contributed by atoms with Gasteiger partial charge in [0.15, 0.2) is 0 Å². The summed E-state index contributed by atoms with van der Waals surface area (Å²) in [6.07, 6.45) is 3.75. The van der Waals surface area contributed by atoms with Crippen LogP contribution in [-0.4, -0.2) is 72.4 Å². The van der Waals surface area contributed by atoms with Gasteiger partial charge in [0.1, 0.15) is 33.5 Å². The average Bonchev–Trinajstić information content (AvgIpc) is 3.67. The molecule has 1 aliphatic carbocycles. The molecule has 0 aliphatic heterocycles. The van der Waals surface area contributed by atoms with Crippen molar-refractivity contribution >= 4 is 27.5 Å². The Morgan fingerprint density at radius 2 is 1.82 bits per heavy atom. The first-order valence-corrected chi connectivity index (χ1v) is 15.8. The number of methoxy groups -OCH3 is 1. The predicted molar refractivity (Wildman–Crippen MR) is 168 cm³/mol. The molecule has 12 nitrogen and oxygen atoms in total. The van der Waals surface area contributed by atoms with Gasteiger partial charge >= 0.3 is 5.69 Å². The number of likely N-dealkylation sites (N-methyl/N-ethyl adjacent to an activating group) is 1. The van der Waals surface area contributed by atoms with Crippen molar-refractivity contribution in [3.05, 3.63) is 68.4 Å². The van der Waals surface area contributed by atoms with E-state index < -0.39 is 41.2 Å². The molecule has 0 saturated heterocycles. The molecule has 1 N–H and O–H groups in total. The number of amides is 1. The van der Waals surface area contributed by atoms with Crippen LogP contribution < -0.4 is 16.0 Å². The Morgan fingerprint density at radius 1 is 1.16 bits per heavy atom. The Kier molecular flexibility index (Phi) is 9.56. The summed E-state index contributed by atoms with van der Waals surface area (Å²) in [7, 11) is 3.10. The number of rotatable bonds is 10. The SMILES string of the molecule is COc1ccc(F)cc1[C@H](Cn1c(=O)n([C@H](C)C(=O)N(C)C(C)C)c(=O)c2c(C)c(-n3nccn3)sc21)O[C@H]1CC[C@@H](O)CC1. The number of fused-ring (bicyclic) bond motifs is 1. The maximum Gasteiger partial charge on any atom is 0.332 e. The molecule has 4 aromatic rings. The zero-order chi connectivity index (χ0) is 32.6. The maximum atomic E-state index is 14.7. The molecule has 1 aliphatic rings. The largest absolute Gasteiger partial charge is 0.496 e. The van der Waals surface area contributed by atoms with E-state index in [9.17, 15) is 23.9 Å². The fourth-order valence-corrected chi connectivity index (χ4v) is 7.00. The number of aliphatic hydroxyl groups excluding tert-OH is 1. The Hall–Kier alpha value is -3.88. The van der Waals surface area contributed by atoms with Gasteiger partial charge in [0.2, 0.25) is 5.91 Å². The second-order valence-electron chi connectivity index (χ2n) is 11.8. The number of halogens is 1. The first-order valence-electron chi connectivity index (χ1n) is 15.0. The third kappa shape index (κ3) is 6.31. The molecule has 3 heterocycles. The Balaban J connectivity index is 1.73. The fourth-order valence-electron chi connectivity index (χ4n) is 5.78. The second kappa shape index (κ2) is 13.2. The van der Waals surface area contributed by atoms with Crippen LogP contribution in [0.4, 0.5) is 4.39 Å². The van der Waals surface area contributed by atoms with Crippen molar-refractivity contribution in [1.29, 1.82) is 0 Å². The Labute approximate surface area is 263 Å². The topological polar surface area (TPSA) is 134 Å². The van der Waals surface area contributed by atoms with Gasteiger partial charge in [0, 0.05) is 24.2 Å². The summed E-state index contributed by atoms with van der Waals surface area (Å²) in [5.41, 5.74) is -0.349. The third-order valence-electron chi connectivity index (χ3n) is 8.57. The van der Waals surface area contributed by atoms with Gasteiger partial charge in [-0.05, 0) is 71.6 Å². The highest BCUT2D eigenvalue weighted by atomic mass is 32.1. The zero-order valence-electron chi connectivity index (χ0n) is 26.3. The lowest BCUT2D eigenvalue weighted by Crippen LogP contribution is -2.48. The first kappa shape index (κ1) is 32.5. The number of carbonyl (C=O) groups is 1. The third-order valence-corrected chi connectivity index (χ3v) is 9.85. The van der Waals surface area contributed by atoms with Gasteiger partial charge in [-0.3, -0.25) is 14.2 Å². The summed E-state index contributed by atoms with van der Waals surface area (Å²) >= 11 is 1.17. The van der Waals surface area contributed by atoms with Crippen LogP contribution in [0.2, 0.25) is 0 Å². The highest BCUT2D eigenvalue weighted by Crippen LogP contribution is 2.36. The van der Waals surface area contributed by atoms with Gasteiger partial charge in [0.05, 0.1) is 43.6 Å². The molecule has 3 aromatic heterocycles. The van der Waals surface area contributed by atoms with Gasteiger partial charge < -0.3 is 19.5 Å². The molecule has 0 radical (unpaired) electrons. The van der Waals surface area contributed by atoms with Crippen LogP contribution in [0, 0.1) is 12.7 Å². The molecule has 1 saturated carbocycles. The lowest BCUT2D eigenvalue weighted by Gasteiger charge is -2.31. The number of aliphatic hydroxyl groups is 1. The molecule has 1 fully saturated rings. The number of thiophene rings is 1. The van der Waals surface area contributed by atoms with E-state index in [-0.39, 0.29) is 24.1 Å². The summed E-state index contributed by atoms with van der Waals surface area (Å²) in [6.45, 7) is 6.87. The Morgan fingerprint density at radius 3 is 2.44 bits per heavy atom. The highest BCUT2D eigenvalue weighted by Gasteiger charge is 2.32. The fraction of sp³-hybridized carbons (Fsp3) is 0.516. The minimum absolute atomic E-state index is 0.110. The molecular weight excluding hydrogens is 603 g/mol. The van der Waals surface area contributed by atoms with E-state index in [1.165, 1.54) is 70.2 Å². The number of benzene rings is 1. The summed E-state index contributed by atoms with van der Waals surface area (Å²) in [5, 5.41) is 19.3. The molecule has 242 valence electrons. The van der Waals surface area contributed by atoms with E-state index in [0.717, 1.165) is 4.57 Å². The molecule has 0 spiro atoms. The summed E-state index contributed by atoms with van der Waals surface area (Å²) in [6, 6.07) is 2.84. The van der Waals surface area contributed by atoms with Crippen LogP contribution >= 0.6 is 11.3 Å². The monoisotopic (exact) mass is 642 g/mol. The first-order chi connectivity index (χ1) is 21.4. The summed E-state index contributed by atoms with van der Waals surface area (Å²) in [5.74, 6) is -0.519. The number of hydrogen-bond donors (Lipinski definition) is 1. The lowest BCUT2D eigenvalue weighted by molar-refractivity contribution is -0.134. The number of ether oxygens (including phenoxy) is 2. The van der Waals surface area contributed by atoms with Crippen molar-refractivity contribution < 1.29 is 23.8 Å². The molecule has 45 heavy (non-hydrogen) atoms. The van der Waals surface area contributed by atoms with Crippen LogP contribution in [0.25, 0.3) is 15.2 Å². The zero-order valence-corrected chi connectivity index (χ0v) is 27.1. The maximum absolute atomic E-state index is 14.7. The minimum atomic E-state index is -1.11. The van der Waals surface area contributed by atoms with Crippen molar-refractivity contribution in [3.63, 3.8) is 0 Å². The molecule has 0 unspecified atom stereocenters. The van der Waals surface area contributed by atoms with Crippen LogP contribution in [0.3, 0.4) is 0 Å². The van der Waals surface area contributed by atoms with E-state index in [4.69, 9.17) is 9.47 Å². The molecular formula is C31H39FN6O6S. The number of aromatic nitrogens is 5. The quantitative estimate of drug-likeness (QED) is 0.277. The van der Waals surface area contributed by atoms with Crippen LogP contribution in [-0.2, 0) is 16.1 Å². The van der Waals surface area contributed by atoms with E-state index in [1.54, 1.807) is 14.0 Å². The number of hydrogen-bond acceptors (Lipinski definition) is 9. The number of carbonyl (C=O) groups excluding carboxylic acids is 1. The molecule has 14 heteroatoms. The molecule has 1 aromatic carbocycles. The smallest absolute Gasteiger partial charge is 0.332 e. The van der Waals surface area contributed by atoms with E-state index in [1.807, 2.05) is 13.8 Å². The highest BCUT2D eigenvalue weighted by molar-refractivity contribution is 7.21. The lowest BCUT2D eigenvalue weighted by atomic mass is 9.94. The standard InChI is InChI=1S/C31H39FN6O6S/c1-17(2)35(5)27(40)19(4)37-28(41)26-18(3)29(38-33-13-14-34-38)45-30(26)36(31(37)42)16-25(44-22-10-8-21(39)9-11-22)23-15-20(32)7-12-24(23)43-6/h7,12-15,17,19,21-22,25,39H,8-11,16H2,1-6H3/t19-,21-,22+,25+/m1/s1. The van der Waals surface area contributed by atoms with E-state index >= 15 is 0 Å². The molecule has 5 rings (SSSR count). The molecule has 0 bridgehead atoms. The number of aryl methyl sites for hydroxylation is 1. The summed E-state index contributed by atoms with van der Waals surface area (Å²) < 4.78 is 29.3. The Bertz CT molecular complexity index is 1790. The predicted octanol–water partition coefficient (Wildman–Crippen LogP) is 3.75. The summed E-state index contributed by atoms with van der Waals surface area (Å²) in [4.78, 5) is 45.2. The number of nitrogens with zero attached hydrogens (tertiary/aromatic N) is 6. The van der Waals surface area contributed by atoms with Crippen molar-refractivity contribution in [1.82, 2.24) is 29.0 Å². The van der Waals surface area contributed by atoms with Gasteiger partial charge in [-0.25, -0.2) is 13.8 Å². The normalized spacial score (nSPS) is 18.3. The second-order valence-corrected chi connectivity index (χ2v) is 12.7.